The van der Waals surface area contributed by atoms with Crippen molar-refractivity contribution in [3.05, 3.63) is 63.0 Å². The number of rotatable bonds is 5. The molecular formula is C22H26N2O2S. The van der Waals surface area contributed by atoms with Crippen LogP contribution >= 0.6 is 11.3 Å². The Morgan fingerprint density at radius 1 is 1.07 bits per heavy atom. The van der Waals surface area contributed by atoms with Gasteiger partial charge in [0.15, 0.2) is 4.80 Å². The number of aromatic nitrogens is 1. The Kier molecular flexibility index (Phi) is 5.92. The molecule has 0 aliphatic carbocycles. The predicted molar refractivity (Wildman–Crippen MR) is 111 cm³/mol. The van der Waals surface area contributed by atoms with Crippen LogP contribution < -0.4 is 4.80 Å². The zero-order chi connectivity index (χ0) is 19.6. The standard InChI is InChI=1S/C22H26N2O2S/c1-14-6-7-16(3)18(11-14)13-20(25)23-22-24(8-9-26-5)19-12-15(2)10-17(4)21(19)27-22/h6-7,10-12H,8-9,13H2,1-5H3. The van der Waals surface area contributed by atoms with Crippen LogP contribution in [0.3, 0.4) is 0 Å². The van der Waals surface area contributed by atoms with Crippen LogP contribution in [-0.2, 0) is 22.5 Å². The van der Waals surface area contributed by atoms with E-state index in [0.29, 0.717) is 19.6 Å². The number of amides is 1. The average molecular weight is 383 g/mol. The van der Waals surface area contributed by atoms with Crippen molar-refractivity contribution in [3.8, 4) is 0 Å². The van der Waals surface area contributed by atoms with Gasteiger partial charge in [-0.15, -0.1) is 0 Å². The van der Waals surface area contributed by atoms with Crippen molar-refractivity contribution in [1.29, 1.82) is 0 Å². The summed E-state index contributed by atoms with van der Waals surface area (Å²) in [4.78, 5) is 17.9. The van der Waals surface area contributed by atoms with E-state index in [1.54, 1.807) is 18.4 Å². The van der Waals surface area contributed by atoms with Gasteiger partial charge in [-0.25, -0.2) is 0 Å². The average Bonchev–Trinajstić information content (AvgIpc) is 2.93. The first-order chi connectivity index (χ1) is 12.9. The summed E-state index contributed by atoms with van der Waals surface area (Å²) in [5.41, 5.74) is 6.86. The molecule has 0 aliphatic rings. The Hall–Kier alpha value is -2.24. The lowest BCUT2D eigenvalue weighted by molar-refractivity contribution is -0.117. The van der Waals surface area contributed by atoms with Crippen molar-refractivity contribution in [3.63, 3.8) is 0 Å². The van der Waals surface area contributed by atoms with Gasteiger partial charge in [0, 0.05) is 13.7 Å². The van der Waals surface area contributed by atoms with Crippen molar-refractivity contribution in [1.82, 2.24) is 4.57 Å². The van der Waals surface area contributed by atoms with Gasteiger partial charge in [-0.05, 0) is 56.0 Å². The van der Waals surface area contributed by atoms with E-state index in [9.17, 15) is 4.79 Å². The van der Waals surface area contributed by atoms with E-state index >= 15 is 0 Å². The molecule has 0 atom stereocenters. The minimum atomic E-state index is -0.115. The van der Waals surface area contributed by atoms with E-state index in [4.69, 9.17) is 4.74 Å². The molecule has 4 nitrogen and oxygen atoms in total. The Morgan fingerprint density at radius 3 is 2.59 bits per heavy atom. The Labute approximate surface area is 164 Å². The van der Waals surface area contributed by atoms with Gasteiger partial charge < -0.3 is 9.30 Å². The first kappa shape index (κ1) is 19.5. The molecular weight excluding hydrogens is 356 g/mol. The lowest BCUT2D eigenvalue weighted by Gasteiger charge is -2.06. The van der Waals surface area contributed by atoms with Gasteiger partial charge in [-0.3, -0.25) is 4.79 Å². The summed E-state index contributed by atoms with van der Waals surface area (Å²) in [6.07, 6.45) is 0.323. The fourth-order valence-corrected chi connectivity index (χ4v) is 4.42. The molecule has 5 heteroatoms. The minimum absolute atomic E-state index is 0.115. The number of hydrogen-bond donors (Lipinski definition) is 0. The first-order valence-electron chi connectivity index (χ1n) is 9.12. The third-order valence-corrected chi connectivity index (χ3v) is 5.93. The molecule has 0 aliphatic heterocycles. The molecule has 0 N–H and O–H groups in total. The van der Waals surface area contributed by atoms with Crippen molar-refractivity contribution < 1.29 is 9.53 Å². The number of carbonyl (C=O) groups is 1. The number of aryl methyl sites for hydroxylation is 4. The number of ether oxygens (including phenoxy) is 1. The van der Waals surface area contributed by atoms with Gasteiger partial charge in [0.05, 0.1) is 23.2 Å². The van der Waals surface area contributed by atoms with Gasteiger partial charge in [-0.1, -0.05) is 41.2 Å². The molecule has 1 amide bonds. The van der Waals surface area contributed by atoms with E-state index < -0.39 is 0 Å². The van der Waals surface area contributed by atoms with Crippen molar-refractivity contribution >= 4 is 27.5 Å². The molecule has 0 spiro atoms. The monoisotopic (exact) mass is 382 g/mol. The second kappa shape index (κ2) is 8.19. The summed E-state index contributed by atoms with van der Waals surface area (Å²) in [6.45, 7) is 9.53. The molecule has 0 saturated carbocycles. The summed E-state index contributed by atoms with van der Waals surface area (Å²) in [6, 6.07) is 10.5. The zero-order valence-corrected chi connectivity index (χ0v) is 17.4. The van der Waals surface area contributed by atoms with Crippen LogP contribution in [-0.4, -0.2) is 24.2 Å². The molecule has 0 bridgehead atoms. The number of benzene rings is 2. The molecule has 27 heavy (non-hydrogen) atoms. The molecule has 0 unspecified atom stereocenters. The predicted octanol–water partition coefficient (Wildman–Crippen LogP) is 4.25. The molecule has 1 aromatic heterocycles. The fourth-order valence-electron chi connectivity index (χ4n) is 3.30. The lowest BCUT2D eigenvalue weighted by Crippen LogP contribution is -2.20. The highest BCUT2D eigenvalue weighted by molar-refractivity contribution is 7.16. The van der Waals surface area contributed by atoms with Gasteiger partial charge in [0.1, 0.15) is 0 Å². The van der Waals surface area contributed by atoms with Crippen LogP contribution in [0.15, 0.2) is 35.3 Å². The van der Waals surface area contributed by atoms with Gasteiger partial charge in [-0.2, -0.15) is 4.99 Å². The highest BCUT2D eigenvalue weighted by atomic mass is 32.1. The molecule has 3 rings (SSSR count). The highest BCUT2D eigenvalue weighted by Gasteiger charge is 2.11. The number of methoxy groups -OCH3 is 1. The second-order valence-electron chi connectivity index (χ2n) is 7.07. The first-order valence-corrected chi connectivity index (χ1v) is 9.94. The summed E-state index contributed by atoms with van der Waals surface area (Å²) in [5.74, 6) is -0.115. The van der Waals surface area contributed by atoms with Gasteiger partial charge >= 0.3 is 0 Å². The smallest absolute Gasteiger partial charge is 0.252 e. The minimum Gasteiger partial charge on any atom is -0.383 e. The number of nitrogens with zero attached hydrogens (tertiary/aromatic N) is 2. The summed E-state index contributed by atoms with van der Waals surface area (Å²) < 4.78 is 8.54. The van der Waals surface area contributed by atoms with Crippen LogP contribution in [0.25, 0.3) is 10.2 Å². The quantitative estimate of drug-likeness (QED) is 0.662. The molecule has 0 fully saturated rings. The number of fused-ring (bicyclic) bond motifs is 1. The molecule has 1 heterocycles. The van der Waals surface area contributed by atoms with Gasteiger partial charge in [0.25, 0.3) is 5.91 Å². The number of thiazole rings is 1. The zero-order valence-electron chi connectivity index (χ0n) is 16.6. The summed E-state index contributed by atoms with van der Waals surface area (Å²) in [5, 5.41) is 0. The van der Waals surface area contributed by atoms with Crippen molar-refractivity contribution in [2.45, 2.75) is 40.7 Å². The van der Waals surface area contributed by atoms with Crippen LogP contribution in [0.2, 0.25) is 0 Å². The van der Waals surface area contributed by atoms with E-state index in [1.165, 1.54) is 15.8 Å². The summed E-state index contributed by atoms with van der Waals surface area (Å²) >= 11 is 1.58. The highest BCUT2D eigenvalue weighted by Crippen LogP contribution is 2.23. The van der Waals surface area contributed by atoms with Crippen LogP contribution in [0.5, 0.6) is 0 Å². The number of carbonyl (C=O) groups excluding carboxylic acids is 1. The third kappa shape index (κ3) is 4.37. The van der Waals surface area contributed by atoms with E-state index in [-0.39, 0.29) is 5.91 Å². The fraction of sp³-hybridized carbons (Fsp3) is 0.364. The Morgan fingerprint density at radius 2 is 1.85 bits per heavy atom. The van der Waals surface area contributed by atoms with Crippen LogP contribution in [0.1, 0.15) is 27.8 Å². The number of hydrogen-bond acceptors (Lipinski definition) is 3. The molecule has 2 aromatic carbocycles. The van der Waals surface area contributed by atoms with E-state index in [1.807, 2.05) is 13.8 Å². The SMILES string of the molecule is COCCn1c(=NC(=O)Cc2cc(C)ccc2C)sc2c(C)cc(C)cc21. The maximum atomic E-state index is 12.7. The van der Waals surface area contributed by atoms with E-state index in [0.717, 1.165) is 27.0 Å². The Bertz CT molecular complexity index is 1060. The van der Waals surface area contributed by atoms with Crippen molar-refractivity contribution in [2.75, 3.05) is 13.7 Å². The Balaban J connectivity index is 2.04. The molecule has 142 valence electrons. The van der Waals surface area contributed by atoms with Crippen molar-refractivity contribution in [2.24, 2.45) is 4.99 Å². The van der Waals surface area contributed by atoms with Gasteiger partial charge in [0.2, 0.25) is 0 Å². The lowest BCUT2D eigenvalue weighted by atomic mass is 10.0. The third-order valence-electron chi connectivity index (χ3n) is 4.70. The van der Waals surface area contributed by atoms with E-state index in [2.05, 4.69) is 53.7 Å². The summed E-state index contributed by atoms with van der Waals surface area (Å²) in [7, 11) is 1.69. The molecule has 3 aromatic rings. The normalized spacial score (nSPS) is 12.1. The molecule has 0 saturated heterocycles. The topological polar surface area (TPSA) is 43.6 Å². The largest absolute Gasteiger partial charge is 0.383 e. The second-order valence-corrected chi connectivity index (χ2v) is 8.05. The van der Waals surface area contributed by atoms with Crippen LogP contribution in [0, 0.1) is 27.7 Å². The van der Waals surface area contributed by atoms with Crippen LogP contribution in [0.4, 0.5) is 0 Å². The maximum Gasteiger partial charge on any atom is 0.252 e. The maximum absolute atomic E-state index is 12.7. The molecule has 0 radical (unpaired) electrons.